The van der Waals surface area contributed by atoms with E-state index < -0.39 is 0 Å². The van der Waals surface area contributed by atoms with E-state index in [2.05, 4.69) is 40.3 Å². The van der Waals surface area contributed by atoms with Crippen molar-refractivity contribution in [3.8, 4) is 0 Å². The third-order valence-corrected chi connectivity index (χ3v) is 4.97. The Kier molecular flexibility index (Phi) is 6.12. The first-order chi connectivity index (χ1) is 12.5. The average molecular weight is 429 g/mol. The molecule has 4 heteroatoms. The van der Waals surface area contributed by atoms with Gasteiger partial charge in [0.15, 0.2) is 5.78 Å². The van der Waals surface area contributed by atoms with Gasteiger partial charge in [-0.25, -0.2) is 0 Å². The predicted molar refractivity (Wildman–Crippen MR) is 112 cm³/mol. The fourth-order valence-electron chi connectivity index (χ4n) is 2.82. The molecule has 0 saturated heterocycles. The van der Waals surface area contributed by atoms with Gasteiger partial charge in [0.1, 0.15) is 0 Å². The van der Waals surface area contributed by atoms with Crippen LogP contribution in [0.2, 0.25) is 5.02 Å². The molecule has 0 aliphatic heterocycles. The molecule has 0 saturated carbocycles. The number of Topliss-reactive ketones (excluding diaryl/α,β-unsaturated/α-hetero) is 1. The number of rotatable bonds is 6. The Bertz CT molecular complexity index is 891. The second-order valence-electron chi connectivity index (χ2n) is 6.25. The van der Waals surface area contributed by atoms with Crippen molar-refractivity contribution >= 4 is 39.0 Å². The fraction of sp³-hybridized carbons (Fsp3) is 0.136. The maximum atomic E-state index is 12.8. The minimum absolute atomic E-state index is 0.0950. The van der Waals surface area contributed by atoms with Gasteiger partial charge in [-0.1, -0.05) is 63.9 Å². The molecule has 3 rings (SSSR count). The number of halogens is 2. The van der Waals surface area contributed by atoms with Gasteiger partial charge in [-0.15, -0.1) is 0 Å². The van der Waals surface area contributed by atoms with Gasteiger partial charge in [0.2, 0.25) is 0 Å². The van der Waals surface area contributed by atoms with Crippen LogP contribution >= 0.6 is 27.5 Å². The SMILES string of the molecule is Cc1cccc(NC(CC(=O)c2ccc(Br)cc2)c2ccc(Cl)cc2)c1. The van der Waals surface area contributed by atoms with Crippen LogP contribution in [0.5, 0.6) is 0 Å². The van der Waals surface area contributed by atoms with Crippen LogP contribution in [0.15, 0.2) is 77.3 Å². The summed E-state index contributed by atoms with van der Waals surface area (Å²) >= 11 is 9.43. The van der Waals surface area contributed by atoms with Crippen molar-refractivity contribution in [1.82, 2.24) is 0 Å². The van der Waals surface area contributed by atoms with E-state index in [4.69, 9.17) is 11.6 Å². The van der Waals surface area contributed by atoms with Crippen molar-refractivity contribution in [1.29, 1.82) is 0 Å². The molecule has 26 heavy (non-hydrogen) atoms. The van der Waals surface area contributed by atoms with E-state index in [-0.39, 0.29) is 11.8 Å². The third kappa shape index (κ3) is 4.96. The van der Waals surface area contributed by atoms with Crippen LogP contribution in [0, 0.1) is 6.92 Å². The van der Waals surface area contributed by atoms with Crippen molar-refractivity contribution < 1.29 is 4.79 Å². The Labute approximate surface area is 167 Å². The molecule has 0 aliphatic carbocycles. The summed E-state index contributed by atoms with van der Waals surface area (Å²) in [6.07, 6.45) is 0.358. The molecule has 2 nitrogen and oxygen atoms in total. The molecule has 0 bridgehead atoms. The number of hydrogen-bond donors (Lipinski definition) is 1. The first-order valence-electron chi connectivity index (χ1n) is 8.39. The summed E-state index contributed by atoms with van der Waals surface area (Å²) in [6.45, 7) is 2.05. The van der Waals surface area contributed by atoms with Crippen molar-refractivity contribution in [3.05, 3.63) is 99.0 Å². The van der Waals surface area contributed by atoms with Crippen LogP contribution in [-0.4, -0.2) is 5.78 Å². The van der Waals surface area contributed by atoms with Crippen LogP contribution in [0.25, 0.3) is 0 Å². The number of carbonyl (C=O) groups excluding carboxylic acids is 1. The lowest BCUT2D eigenvalue weighted by Crippen LogP contribution is -2.16. The van der Waals surface area contributed by atoms with Crippen LogP contribution < -0.4 is 5.32 Å². The molecule has 0 radical (unpaired) electrons. The zero-order valence-electron chi connectivity index (χ0n) is 14.4. The number of aryl methyl sites for hydroxylation is 1. The maximum Gasteiger partial charge on any atom is 0.165 e. The lowest BCUT2D eigenvalue weighted by molar-refractivity contribution is 0.0976. The monoisotopic (exact) mass is 427 g/mol. The smallest absolute Gasteiger partial charge is 0.165 e. The molecule has 0 fully saturated rings. The Morgan fingerprint density at radius 3 is 2.38 bits per heavy atom. The van der Waals surface area contributed by atoms with Gasteiger partial charge in [-0.2, -0.15) is 0 Å². The highest BCUT2D eigenvalue weighted by molar-refractivity contribution is 9.10. The number of nitrogens with one attached hydrogen (secondary N) is 1. The molecule has 1 atom stereocenters. The van der Waals surface area contributed by atoms with Crippen molar-refractivity contribution in [2.75, 3.05) is 5.32 Å². The normalized spacial score (nSPS) is 11.8. The van der Waals surface area contributed by atoms with E-state index in [1.54, 1.807) is 0 Å². The summed E-state index contributed by atoms with van der Waals surface area (Å²) in [7, 11) is 0. The molecule has 0 spiro atoms. The van der Waals surface area contributed by atoms with Crippen molar-refractivity contribution in [2.24, 2.45) is 0 Å². The topological polar surface area (TPSA) is 29.1 Å². The zero-order chi connectivity index (χ0) is 18.5. The van der Waals surface area contributed by atoms with Crippen LogP contribution in [0.4, 0.5) is 5.69 Å². The van der Waals surface area contributed by atoms with Gasteiger partial charge in [-0.05, 0) is 54.4 Å². The van der Waals surface area contributed by atoms with Crippen molar-refractivity contribution in [2.45, 2.75) is 19.4 Å². The van der Waals surface area contributed by atoms with E-state index in [0.717, 1.165) is 15.7 Å². The van der Waals surface area contributed by atoms with Gasteiger partial charge >= 0.3 is 0 Å². The Morgan fingerprint density at radius 1 is 1.04 bits per heavy atom. The molecular weight excluding hydrogens is 410 g/mol. The zero-order valence-corrected chi connectivity index (χ0v) is 16.7. The molecule has 1 N–H and O–H groups in total. The summed E-state index contributed by atoms with van der Waals surface area (Å²) in [5.74, 6) is 0.0950. The van der Waals surface area contributed by atoms with E-state index in [9.17, 15) is 4.79 Å². The minimum Gasteiger partial charge on any atom is -0.378 e. The third-order valence-electron chi connectivity index (χ3n) is 4.19. The number of ketones is 1. The summed E-state index contributed by atoms with van der Waals surface area (Å²) in [5.41, 5.74) is 3.90. The van der Waals surface area contributed by atoms with Gasteiger partial charge in [0, 0.05) is 27.2 Å². The standard InChI is InChI=1S/C22H19BrClNO/c1-15-3-2-4-20(13-15)25-21(16-7-11-19(24)12-8-16)14-22(26)17-5-9-18(23)10-6-17/h2-13,21,25H,14H2,1H3. The molecule has 3 aromatic rings. The number of carbonyl (C=O) groups is 1. The van der Waals surface area contributed by atoms with E-state index in [1.165, 1.54) is 5.56 Å². The first kappa shape index (κ1) is 18.7. The second-order valence-corrected chi connectivity index (χ2v) is 7.60. The highest BCUT2D eigenvalue weighted by atomic mass is 79.9. The highest BCUT2D eigenvalue weighted by Gasteiger charge is 2.17. The molecule has 0 amide bonds. The lowest BCUT2D eigenvalue weighted by Gasteiger charge is -2.20. The molecular formula is C22H19BrClNO. The number of benzene rings is 3. The summed E-state index contributed by atoms with van der Waals surface area (Å²) < 4.78 is 0.959. The second kappa shape index (κ2) is 8.52. The average Bonchev–Trinajstić information content (AvgIpc) is 2.62. The van der Waals surface area contributed by atoms with Crippen LogP contribution in [-0.2, 0) is 0 Å². The summed E-state index contributed by atoms with van der Waals surface area (Å²) in [4.78, 5) is 12.8. The Balaban J connectivity index is 1.85. The van der Waals surface area contributed by atoms with E-state index >= 15 is 0 Å². The Hall–Kier alpha value is -2.10. The molecule has 0 aliphatic rings. The lowest BCUT2D eigenvalue weighted by atomic mass is 9.97. The maximum absolute atomic E-state index is 12.8. The van der Waals surface area contributed by atoms with Crippen molar-refractivity contribution in [3.63, 3.8) is 0 Å². The molecule has 1 unspecified atom stereocenters. The molecule has 0 aromatic heterocycles. The number of hydrogen-bond acceptors (Lipinski definition) is 2. The molecule has 0 heterocycles. The molecule has 132 valence electrons. The van der Waals surface area contributed by atoms with E-state index in [1.807, 2.05) is 60.7 Å². The summed E-state index contributed by atoms with van der Waals surface area (Å²) in [5, 5.41) is 4.18. The largest absolute Gasteiger partial charge is 0.378 e. The Morgan fingerprint density at radius 2 is 1.73 bits per heavy atom. The van der Waals surface area contributed by atoms with E-state index in [0.29, 0.717) is 17.0 Å². The number of anilines is 1. The fourth-order valence-corrected chi connectivity index (χ4v) is 3.21. The van der Waals surface area contributed by atoms with Gasteiger partial charge in [-0.3, -0.25) is 4.79 Å². The molecule has 3 aromatic carbocycles. The van der Waals surface area contributed by atoms with Crippen LogP contribution in [0.3, 0.4) is 0 Å². The summed E-state index contributed by atoms with van der Waals surface area (Å²) in [6, 6.07) is 23.1. The predicted octanol–water partition coefficient (Wildman–Crippen LogP) is 6.84. The minimum atomic E-state index is -0.134. The van der Waals surface area contributed by atoms with Gasteiger partial charge in [0.05, 0.1) is 6.04 Å². The first-order valence-corrected chi connectivity index (χ1v) is 9.56. The quantitative estimate of drug-likeness (QED) is 0.436. The van der Waals surface area contributed by atoms with Gasteiger partial charge in [0.25, 0.3) is 0 Å². The van der Waals surface area contributed by atoms with Gasteiger partial charge < -0.3 is 5.32 Å². The highest BCUT2D eigenvalue weighted by Crippen LogP contribution is 2.26. The van der Waals surface area contributed by atoms with Crippen LogP contribution in [0.1, 0.15) is 33.9 Å².